The van der Waals surface area contributed by atoms with Crippen LogP contribution in [-0.4, -0.2) is 35.6 Å². The Labute approximate surface area is 179 Å². The first kappa shape index (κ1) is 23.1. The van der Waals surface area contributed by atoms with Crippen molar-refractivity contribution in [3.05, 3.63) is 59.7 Å². The molecule has 0 unspecified atom stereocenters. The summed E-state index contributed by atoms with van der Waals surface area (Å²) in [5.74, 6) is -1.79. The van der Waals surface area contributed by atoms with Crippen molar-refractivity contribution in [1.82, 2.24) is 0 Å². The summed E-state index contributed by atoms with van der Waals surface area (Å²) in [6, 6.07) is 14.0. The predicted molar refractivity (Wildman–Crippen MR) is 118 cm³/mol. The van der Waals surface area contributed by atoms with Crippen LogP contribution in [0.25, 0.3) is 0 Å². The van der Waals surface area contributed by atoms with Crippen molar-refractivity contribution < 1.29 is 19.2 Å². The maximum Gasteiger partial charge on any atom is 0.228 e. The highest BCUT2D eigenvalue weighted by Crippen LogP contribution is 2.17. The molecule has 0 heterocycles. The van der Waals surface area contributed by atoms with E-state index in [0.717, 1.165) is 9.79 Å². The SMILES string of the molecule is CSc1ccc(C(=O)C(=O)CCCCCC(=O)C(=O)c2ccc(SC)cc2)cc1. The number of ketones is 4. The Morgan fingerprint density at radius 2 is 0.931 bits per heavy atom. The van der Waals surface area contributed by atoms with E-state index in [1.807, 2.05) is 36.8 Å². The van der Waals surface area contributed by atoms with E-state index in [4.69, 9.17) is 0 Å². The normalized spacial score (nSPS) is 10.6. The van der Waals surface area contributed by atoms with Gasteiger partial charge in [-0.15, -0.1) is 23.5 Å². The maximum atomic E-state index is 12.2. The van der Waals surface area contributed by atoms with Crippen molar-refractivity contribution in [2.24, 2.45) is 0 Å². The van der Waals surface area contributed by atoms with Crippen LogP contribution in [0.4, 0.5) is 0 Å². The average Bonchev–Trinajstić information content (AvgIpc) is 2.77. The molecule has 0 saturated carbocycles. The first-order valence-electron chi connectivity index (χ1n) is 9.39. The van der Waals surface area contributed by atoms with Crippen LogP contribution in [0.15, 0.2) is 58.3 Å². The molecule has 0 radical (unpaired) electrons. The lowest BCUT2D eigenvalue weighted by Gasteiger charge is -2.03. The summed E-state index contributed by atoms with van der Waals surface area (Å²) in [6.07, 6.45) is 5.87. The number of carbonyl (C=O) groups excluding carboxylic acids is 4. The minimum absolute atomic E-state index is 0.154. The highest BCUT2D eigenvalue weighted by atomic mass is 32.2. The van der Waals surface area contributed by atoms with Gasteiger partial charge in [0.1, 0.15) is 0 Å². The molecule has 0 saturated heterocycles. The number of carbonyl (C=O) groups is 4. The van der Waals surface area contributed by atoms with E-state index >= 15 is 0 Å². The molecular weight excluding hydrogens is 404 g/mol. The van der Waals surface area contributed by atoms with Crippen LogP contribution < -0.4 is 0 Å². The lowest BCUT2D eigenvalue weighted by molar-refractivity contribution is -0.115. The summed E-state index contributed by atoms with van der Waals surface area (Å²) in [7, 11) is 0. The maximum absolute atomic E-state index is 12.2. The highest BCUT2D eigenvalue weighted by molar-refractivity contribution is 7.98. The molecule has 0 aromatic heterocycles. The number of thioether (sulfide) groups is 2. The Hall–Kier alpha value is -2.18. The zero-order valence-electron chi connectivity index (χ0n) is 16.6. The first-order valence-corrected chi connectivity index (χ1v) is 11.8. The lowest BCUT2D eigenvalue weighted by Crippen LogP contribution is -2.15. The third kappa shape index (κ3) is 6.98. The molecule has 2 rings (SSSR count). The van der Waals surface area contributed by atoms with Gasteiger partial charge in [-0.1, -0.05) is 6.42 Å². The predicted octanol–water partition coefficient (Wildman–Crippen LogP) is 5.28. The second kappa shape index (κ2) is 11.7. The summed E-state index contributed by atoms with van der Waals surface area (Å²) in [5.41, 5.74) is 0.808. The third-order valence-corrected chi connectivity index (χ3v) is 6.01. The monoisotopic (exact) mass is 428 g/mol. The van der Waals surface area contributed by atoms with E-state index in [1.165, 1.54) is 0 Å². The summed E-state index contributed by atoms with van der Waals surface area (Å²) >= 11 is 3.15. The molecule has 0 spiro atoms. The molecule has 0 fully saturated rings. The number of Topliss-reactive ketones (excluding diaryl/α,β-unsaturated/α-hetero) is 4. The van der Waals surface area contributed by atoms with Crippen LogP contribution in [0.2, 0.25) is 0 Å². The Bertz CT molecular complexity index is 797. The molecule has 6 heteroatoms. The largest absolute Gasteiger partial charge is 0.290 e. The molecule has 0 N–H and O–H groups in total. The van der Waals surface area contributed by atoms with Crippen molar-refractivity contribution in [3.8, 4) is 0 Å². The van der Waals surface area contributed by atoms with Crippen molar-refractivity contribution in [1.29, 1.82) is 0 Å². The quantitative estimate of drug-likeness (QED) is 0.198. The third-order valence-electron chi connectivity index (χ3n) is 4.52. The molecule has 4 nitrogen and oxygen atoms in total. The van der Waals surface area contributed by atoms with E-state index in [2.05, 4.69) is 0 Å². The zero-order chi connectivity index (χ0) is 21.2. The minimum atomic E-state index is -0.474. The summed E-state index contributed by atoms with van der Waals surface area (Å²) in [6.45, 7) is 0. The van der Waals surface area contributed by atoms with Gasteiger partial charge >= 0.3 is 0 Å². The van der Waals surface area contributed by atoms with Gasteiger partial charge < -0.3 is 0 Å². The van der Waals surface area contributed by atoms with E-state index in [0.29, 0.717) is 30.4 Å². The molecule has 0 bridgehead atoms. The van der Waals surface area contributed by atoms with Gasteiger partial charge in [0, 0.05) is 33.8 Å². The van der Waals surface area contributed by atoms with Crippen LogP contribution >= 0.6 is 23.5 Å². The van der Waals surface area contributed by atoms with Crippen LogP contribution in [0, 0.1) is 0 Å². The fourth-order valence-corrected chi connectivity index (χ4v) is 3.60. The number of unbranched alkanes of at least 4 members (excludes halogenated alkanes) is 2. The summed E-state index contributed by atoms with van der Waals surface area (Å²) < 4.78 is 0. The molecule has 0 aliphatic heterocycles. The van der Waals surface area contributed by atoms with Crippen molar-refractivity contribution >= 4 is 46.7 Å². The smallest absolute Gasteiger partial charge is 0.228 e. The van der Waals surface area contributed by atoms with Crippen LogP contribution in [0.1, 0.15) is 52.8 Å². The van der Waals surface area contributed by atoms with E-state index in [9.17, 15) is 19.2 Å². The van der Waals surface area contributed by atoms with Crippen LogP contribution in [-0.2, 0) is 9.59 Å². The second-order valence-electron chi connectivity index (χ2n) is 6.52. The topological polar surface area (TPSA) is 68.3 Å². The molecule has 0 amide bonds. The fraction of sp³-hybridized carbons (Fsp3) is 0.304. The Morgan fingerprint density at radius 3 is 1.24 bits per heavy atom. The molecule has 0 aliphatic rings. The van der Waals surface area contributed by atoms with Gasteiger partial charge in [-0.3, -0.25) is 19.2 Å². The van der Waals surface area contributed by atoms with E-state index < -0.39 is 23.1 Å². The average molecular weight is 429 g/mol. The lowest BCUT2D eigenvalue weighted by atomic mass is 10.0. The van der Waals surface area contributed by atoms with Gasteiger partial charge in [-0.05, 0) is 73.9 Å². The highest BCUT2D eigenvalue weighted by Gasteiger charge is 2.17. The first-order chi connectivity index (χ1) is 14.0. The van der Waals surface area contributed by atoms with Crippen LogP contribution in [0.5, 0.6) is 0 Å². The zero-order valence-corrected chi connectivity index (χ0v) is 18.2. The molecule has 152 valence electrons. The van der Waals surface area contributed by atoms with Gasteiger partial charge in [0.25, 0.3) is 0 Å². The number of benzene rings is 2. The van der Waals surface area contributed by atoms with E-state index in [1.54, 1.807) is 47.8 Å². The van der Waals surface area contributed by atoms with Crippen LogP contribution in [0.3, 0.4) is 0 Å². The number of hydrogen-bond donors (Lipinski definition) is 0. The molecule has 2 aromatic rings. The van der Waals surface area contributed by atoms with Gasteiger partial charge in [0.05, 0.1) is 0 Å². The molecule has 0 aliphatic carbocycles. The molecule has 29 heavy (non-hydrogen) atoms. The number of hydrogen-bond acceptors (Lipinski definition) is 6. The Balaban J connectivity index is 1.71. The fourth-order valence-electron chi connectivity index (χ4n) is 2.78. The minimum Gasteiger partial charge on any atom is -0.290 e. The van der Waals surface area contributed by atoms with Gasteiger partial charge in [0.2, 0.25) is 23.1 Å². The number of rotatable bonds is 12. The second-order valence-corrected chi connectivity index (χ2v) is 8.28. The van der Waals surface area contributed by atoms with Crippen molar-refractivity contribution in [3.63, 3.8) is 0 Å². The van der Waals surface area contributed by atoms with Gasteiger partial charge in [0.15, 0.2) is 0 Å². The molecule has 0 atom stereocenters. The Kier molecular flexibility index (Phi) is 9.35. The molecular formula is C23H24O4S2. The van der Waals surface area contributed by atoms with Gasteiger partial charge in [-0.2, -0.15) is 0 Å². The summed E-state index contributed by atoms with van der Waals surface area (Å²) in [5, 5.41) is 0. The Morgan fingerprint density at radius 1 is 0.586 bits per heavy atom. The molecule has 2 aromatic carbocycles. The summed E-state index contributed by atoms with van der Waals surface area (Å²) in [4.78, 5) is 50.5. The van der Waals surface area contributed by atoms with Crippen molar-refractivity contribution in [2.75, 3.05) is 12.5 Å². The van der Waals surface area contributed by atoms with Crippen molar-refractivity contribution in [2.45, 2.75) is 41.9 Å². The van der Waals surface area contributed by atoms with E-state index in [-0.39, 0.29) is 12.8 Å². The standard InChI is InChI=1S/C23H24O4S2/c1-28-18-12-8-16(9-13-18)22(26)20(24)6-4-3-5-7-21(25)23(27)17-10-14-19(29-2)15-11-17/h8-15H,3-7H2,1-2H3. The van der Waals surface area contributed by atoms with Gasteiger partial charge in [-0.25, -0.2) is 0 Å².